The van der Waals surface area contributed by atoms with Crippen molar-refractivity contribution in [3.63, 3.8) is 0 Å². The Bertz CT molecular complexity index is 528. The number of amides is 1. The monoisotopic (exact) mass is 294 g/mol. The highest BCUT2D eigenvalue weighted by Crippen LogP contribution is 2.27. The van der Waals surface area contributed by atoms with Crippen LogP contribution >= 0.6 is 0 Å². The zero-order valence-corrected chi connectivity index (χ0v) is 12.1. The molecule has 0 radical (unpaired) electrons. The number of aromatic nitrogens is 3. The minimum atomic E-state index is -0.373. The van der Waals surface area contributed by atoms with Crippen molar-refractivity contribution in [3.05, 3.63) is 16.3 Å². The van der Waals surface area contributed by atoms with Gasteiger partial charge in [-0.15, -0.1) is 0 Å². The zero-order valence-electron chi connectivity index (χ0n) is 12.1. The Balaban J connectivity index is 1.60. The molecule has 0 bridgehead atoms. The second-order valence-electron chi connectivity index (χ2n) is 6.03. The number of carbonyl (C=O) groups excluding carboxylic acids is 1. The van der Waals surface area contributed by atoms with Gasteiger partial charge in [0.1, 0.15) is 5.82 Å². The largest absolute Gasteiger partial charge is 0.376 e. The van der Waals surface area contributed by atoms with Crippen LogP contribution in [0.15, 0.2) is 4.79 Å². The van der Waals surface area contributed by atoms with Gasteiger partial charge in [0.05, 0.1) is 12.5 Å². The summed E-state index contributed by atoms with van der Waals surface area (Å²) >= 11 is 0. The van der Waals surface area contributed by atoms with Gasteiger partial charge in [-0.1, -0.05) is 6.42 Å². The molecule has 1 saturated carbocycles. The molecule has 0 aromatic carbocycles. The first-order valence-corrected chi connectivity index (χ1v) is 7.73. The van der Waals surface area contributed by atoms with E-state index >= 15 is 0 Å². The first-order chi connectivity index (χ1) is 10.2. The summed E-state index contributed by atoms with van der Waals surface area (Å²) in [6.07, 6.45) is 6.06. The number of aromatic amines is 2. The molecule has 1 aromatic heterocycles. The lowest BCUT2D eigenvalue weighted by atomic mass is 9.85. The summed E-state index contributed by atoms with van der Waals surface area (Å²) in [6.45, 7) is 2.25. The average Bonchev–Trinajstić information content (AvgIpc) is 3.04. The van der Waals surface area contributed by atoms with Gasteiger partial charge in [0, 0.05) is 19.7 Å². The molecular weight excluding hydrogens is 272 g/mol. The Morgan fingerprint density at radius 2 is 2.14 bits per heavy atom. The smallest absolute Gasteiger partial charge is 0.340 e. The first kappa shape index (κ1) is 14.3. The second-order valence-corrected chi connectivity index (χ2v) is 6.03. The summed E-state index contributed by atoms with van der Waals surface area (Å²) < 4.78 is 5.65. The van der Waals surface area contributed by atoms with Crippen molar-refractivity contribution in [2.45, 2.75) is 44.6 Å². The highest BCUT2D eigenvalue weighted by molar-refractivity contribution is 5.78. The molecule has 116 valence electrons. The van der Waals surface area contributed by atoms with Gasteiger partial charge in [0.2, 0.25) is 5.91 Å². The predicted octanol–water partition coefficient (Wildman–Crippen LogP) is 0.448. The van der Waals surface area contributed by atoms with Crippen LogP contribution in [-0.2, 0) is 16.0 Å². The van der Waals surface area contributed by atoms with Gasteiger partial charge in [-0.3, -0.25) is 9.78 Å². The van der Waals surface area contributed by atoms with Crippen LogP contribution in [-0.4, -0.2) is 51.8 Å². The van der Waals surface area contributed by atoms with Gasteiger partial charge in [-0.05, 0) is 31.6 Å². The van der Waals surface area contributed by atoms with Crippen LogP contribution in [0, 0.1) is 5.92 Å². The van der Waals surface area contributed by atoms with E-state index in [1.807, 2.05) is 4.90 Å². The number of carbonyl (C=O) groups is 1. The zero-order chi connectivity index (χ0) is 14.7. The molecule has 2 aliphatic rings. The molecule has 3 rings (SSSR count). The molecule has 1 aliphatic heterocycles. The average molecular weight is 294 g/mol. The molecule has 1 unspecified atom stereocenters. The second kappa shape index (κ2) is 6.43. The highest BCUT2D eigenvalue weighted by atomic mass is 16.5. The van der Waals surface area contributed by atoms with Gasteiger partial charge >= 0.3 is 5.69 Å². The van der Waals surface area contributed by atoms with Crippen molar-refractivity contribution in [2.75, 3.05) is 19.7 Å². The van der Waals surface area contributed by atoms with Crippen molar-refractivity contribution in [1.82, 2.24) is 20.1 Å². The summed E-state index contributed by atoms with van der Waals surface area (Å²) in [5.74, 6) is 1.03. The Morgan fingerprint density at radius 3 is 2.71 bits per heavy atom. The van der Waals surface area contributed by atoms with E-state index < -0.39 is 0 Å². The number of hydrogen-bond donors (Lipinski definition) is 2. The van der Waals surface area contributed by atoms with E-state index in [4.69, 9.17) is 4.74 Å². The highest BCUT2D eigenvalue weighted by Gasteiger charge is 2.27. The van der Waals surface area contributed by atoms with Crippen LogP contribution in [0.25, 0.3) is 0 Å². The SMILES string of the molecule is O=C(Cc1n[nH]c(=O)[nH]1)N(CC1CCC1)CC1CCCO1. The Hall–Kier alpha value is -1.63. The van der Waals surface area contributed by atoms with Crippen LogP contribution in [0.4, 0.5) is 0 Å². The topological polar surface area (TPSA) is 91.1 Å². The third kappa shape index (κ3) is 3.72. The summed E-state index contributed by atoms with van der Waals surface area (Å²) in [5.41, 5.74) is -0.373. The fourth-order valence-corrected chi connectivity index (χ4v) is 2.94. The van der Waals surface area contributed by atoms with Gasteiger partial charge < -0.3 is 9.64 Å². The minimum absolute atomic E-state index is 0.0140. The van der Waals surface area contributed by atoms with E-state index in [1.54, 1.807) is 0 Å². The normalized spacial score (nSPS) is 22.2. The van der Waals surface area contributed by atoms with Crippen LogP contribution < -0.4 is 5.69 Å². The molecule has 7 nitrogen and oxygen atoms in total. The molecule has 7 heteroatoms. The van der Waals surface area contributed by atoms with E-state index in [9.17, 15) is 9.59 Å². The summed E-state index contributed by atoms with van der Waals surface area (Å²) in [7, 11) is 0. The Labute approximate surface area is 123 Å². The van der Waals surface area contributed by atoms with E-state index in [-0.39, 0.29) is 24.1 Å². The lowest BCUT2D eigenvalue weighted by Crippen LogP contribution is -2.42. The third-order valence-electron chi connectivity index (χ3n) is 4.37. The van der Waals surface area contributed by atoms with E-state index in [0.29, 0.717) is 18.3 Å². The Morgan fingerprint density at radius 1 is 1.29 bits per heavy atom. The van der Waals surface area contributed by atoms with Crippen molar-refractivity contribution in [2.24, 2.45) is 5.92 Å². The fourth-order valence-electron chi connectivity index (χ4n) is 2.94. The van der Waals surface area contributed by atoms with Gasteiger partial charge in [0.15, 0.2) is 0 Å². The molecule has 21 heavy (non-hydrogen) atoms. The molecule has 0 spiro atoms. The number of nitrogens with one attached hydrogen (secondary N) is 2. The molecule has 1 saturated heterocycles. The van der Waals surface area contributed by atoms with E-state index in [2.05, 4.69) is 15.2 Å². The predicted molar refractivity (Wildman–Crippen MR) is 75.8 cm³/mol. The minimum Gasteiger partial charge on any atom is -0.376 e. The first-order valence-electron chi connectivity index (χ1n) is 7.73. The van der Waals surface area contributed by atoms with Crippen LogP contribution in [0.3, 0.4) is 0 Å². The quantitative estimate of drug-likeness (QED) is 0.797. The molecule has 2 heterocycles. The summed E-state index contributed by atoms with van der Waals surface area (Å²) in [4.78, 5) is 27.9. The fraction of sp³-hybridized carbons (Fsp3) is 0.786. The maximum atomic E-state index is 12.5. The van der Waals surface area contributed by atoms with Gasteiger partial charge in [-0.25, -0.2) is 9.89 Å². The Kier molecular flexibility index (Phi) is 4.38. The standard InChI is InChI=1S/C14H22N4O3/c19-13(7-12-15-14(20)17-16-12)18(8-10-3-1-4-10)9-11-5-2-6-21-11/h10-11H,1-9H2,(H2,15,16,17,20). The summed E-state index contributed by atoms with van der Waals surface area (Å²) in [5, 5.41) is 6.10. The van der Waals surface area contributed by atoms with Gasteiger partial charge in [-0.2, -0.15) is 5.10 Å². The molecule has 2 N–H and O–H groups in total. The molecular formula is C14H22N4O3. The molecule has 1 atom stereocenters. The molecule has 1 amide bonds. The van der Waals surface area contributed by atoms with Gasteiger partial charge in [0.25, 0.3) is 0 Å². The summed E-state index contributed by atoms with van der Waals surface area (Å²) in [6, 6.07) is 0. The lowest BCUT2D eigenvalue weighted by molar-refractivity contribution is -0.133. The number of H-pyrrole nitrogens is 2. The van der Waals surface area contributed by atoms with Crippen molar-refractivity contribution < 1.29 is 9.53 Å². The van der Waals surface area contributed by atoms with Crippen LogP contribution in [0.5, 0.6) is 0 Å². The number of hydrogen-bond acceptors (Lipinski definition) is 4. The third-order valence-corrected chi connectivity index (χ3v) is 4.37. The van der Waals surface area contributed by atoms with Crippen LogP contribution in [0.1, 0.15) is 37.9 Å². The van der Waals surface area contributed by atoms with Crippen LogP contribution in [0.2, 0.25) is 0 Å². The van der Waals surface area contributed by atoms with E-state index in [0.717, 1.165) is 26.0 Å². The lowest BCUT2D eigenvalue weighted by Gasteiger charge is -2.33. The number of nitrogens with zero attached hydrogens (tertiary/aromatic N) is 2. The van der Waals surface area contributed by atoms with E-state index in [1.165, 1.54) is 19.3 Å². The molecule has 2 fully saturated rings. The maximum absolute atomic E-state index is 12.5. The number of ether oxygens (including phenoxy) is 1. The van der Waals surface area contributed by atoms with Crippen molar-refractivity contribution >= 4 is 5.91 Å². The molecule has 1 aliphatic carbocycles. The van der Waals surface area contributed by atoms with Crippen molar-refractivity contribution in [1.29, 1.82) is 0 Å². The van der Waals surface area contributed by atoms with Crippen molar-refractivity contribution in [3.8, 4) is 0 Å². The maximum Gasteiger partial charge on any atom is 0.340 e. The molecule has 1 aromatic rings. The number of rotatable bonds is 6.